The second-order valence-corrected chi connectivity index (χ2v) is 7.80. The fourth-order valence-corrected chi connectivity index (χ4v) is 2.40. The first-order valence-corrected chi connectivity index (χ1v) is 9.54. The third-order valence-electron chi connectivity index (χ3n) is 4.35. The average molecular weight is 431 g/mol. The molecule has 0 heterocycles. The summed E-state index contributed by atoms with van der Waals surface area (Å²) in [6.07, 6.45) is -1.97. The first kappa shape index (κ1) is 27.3. The average Bonchev–Trinajstić information content (AvgIpc) is 2.60. The number of amides is 4. The van der Waals surface area contributed by atoms with E-state index in [-0.39, 0.29) is 5.92 Å². The molecular formula is C18H33N5O7. The Kier molecular flexibility index (Phi) is 11.0. The molecular weight excluding hydrogens is 398 g/mol. The number of rotatable bonds is 12. The highest BCUT2D eigenvalue weighted by Crippen LogP contribution is 2.05. The Morgan fingerprint density at radius 3 is 1.67 bits per heavy atom. The molecule has 4 amide bonds. The number of aliphatic carboxylic acids is 1. The van der Waals surface area contributed by atoms with E-state index in [1.807, 2.05) is 0 Å². The van der Waals surface area contributed by atoms with Gasteiger partial charge in [-0.15, -0.1) is 0 Å². The zero-order valence-electron chi connectivity index (χ0n) is 17.8. The number of carbonyl (C=O) groups is 5. The van der Waals surface area contributed by atoms with Crippen LogP contribution in [0.2, 0.25) is 0 Å². The smallest absolute Gasteiger partial charge is 0.326 e. The van der Waals surface area contributed by atoms with Crippen LogP contribution >= 0.6 is 0 Å². The fourth-order valence-electron chi connectivity index (χ4n) is 2.40. The minimum absolute atomic E-state index is 0.248. The predicted octanol–water partition coefficient (Wildman–Crippen LogP) is -2.58. The van der Waals surface area contributed by atoms with Crippen LogP contribution in [-0.4, -0.2) is 70.1 Å². The van der Waals surface area contributed by atoms with Crippen molar-refractivity contribution in [3.05, 3.63) is 0 Å². The maximum atomic E-state index is 12.6. The lowest BCUT2D eigenvalue weighted by atomic mass is 10.0. The molecule has 12 nitrogen and oxygen atoms in total. The molecule has 0 aromatic carbocycles. The van der Waals surface area contributed by atoms with Crippen LogP contribution in [0.5, 0.6) is 0 Å². The van der Waals surface area contributed by atoms with Crippen LogP contribution in [0.1, 0.15) is 41.0 Å². The summed E-state index contributed by atoms with van der Waals surface area (Å²) in [7, 11) is 0. The molecule has 0 rings (SSSR count). The molecule has 0 aromatic rings. The van der Waals surface area contributed by atoms with Gasteiger partial charge in [-0.05, 0) is 18.8 Å². The number of hydrogen-bond donors (Lipinski definition) is 7. The van der Waals surface area contributed by atoms with Gasteiger partial charge in [0.2, 0.25) is 23.6 Å². The summed E-state index contributed by atoms with van der Waals surface area (Å²) in [5.74, 6) is -5.49. The summed E-state index contributed by atoms with van der Waals surface area (Å²) in [6.45, 7) is 7.74. The van der Waals surface area contributed by atoms with Gasteiger partial charge in [0, 0.05) is 0 Å². The molecule has 0 spiro atoms. The van der Waals surface area contributed by atoms with Crippen molar-refractivity contribution in [1.82, 2.24) is 16.0 Å². The molecule has 0 fully saturated rings. The Hall–Kier alpha value is -2.73. The summed E-state index contributed by atoms with van der Waals surface area (Å²) in [5.41, 5.74) is 10.9. The van der Waals surface area contributed by atoms with Crippen molar-refractivity contribution in [2.75, 3.05) is 0 Å². The summed E-state index contributed by atoms with van der Waals surface area (Å²) in [4.78, 5) is 59.8. The summed E-state index contributed by atoms with van der Waals surface area (Å²) >= 11 is 0. The predicted molar refractivity (Wildman–Crippen MR) is 107 cm³/mol. The number of aliphatic hydroxyl groups is 1. The maximum absolute atomic E-state index is 12.6. The van der Waals surface area contributed by atoms with Crippen LogP contribution in [-0.2, 0) is 24.0 Å². The molecule has 172 valence electrons. The number of nitrogens with two attached hydrogens (primary N) is 2. The normalized spacial score (nSPS) is 16.2. The Morgan fingerprint density at radius 2 is 1.30 bits per heavy atom. The standard InChI is InChI=1S/C18H33N5O7/c1-7(2)12(20)16(27)21-10(6-11(19)25)15(26)23-14(9(5)24)17(28)22-13(8(3)4)18(29)30/h7-10,12-14,24H,6,20H2,1-5H3,(H2,19,25)(H,21,27)(H,22,28)(H,23,26)(H,29,30). The number of nitrogens with one attached hydrogen (secondary N) is 3. The van der Waals surface area contributed by atoms with E-state index >= 15 is 0 Å². The van der Waals surface area contributed by atoms with Crippen LogP contribution in [0.3, 0.4) is 0 Å². The molecule has 0 saturated carbocycles. The first-order chi connectivity index (χ1) is 13.7. The van der Waals surface area contributed by atoms with Gasteiger partial charge in [-0.2, -0.15) is 0 Å². The monoisotopic (exact) mass is 431 g/mol. The van der Waals surface area contributed by atoms with E-state index in [1.54, 1.807) is 27.7 Å². The number of carboxylic acid groups (broad SMARTS) is 1. The van der Waals surface area contributed by atoms with E-state index in [9.17, 15) is 34.2 Å². The number of primary amides is 1. The van der Waals surface area contributed by atoms with Gasteiger partial charge in [-0.25, -0.2) is 4.79 Å². The quantitative estimate of drug-likeness (QED) is 0.174. The Morgan fingerprint density at radius 1 is 0.800 bits per heavy atom. The molecule has 9 N–H and O–H groups in total. The minimum Gasteiger partial charge on any atom is -0.480 e. The lowest BCUT2D eigenvalue weighted by molar-refractivity contribution is -0.144. The number of aliphatic hydroxyl groups excluding tert-OH is 1. The maximum Gasteiger partial charge on any atom is 0.326 e. The minimum atomic E-state index is -1.54. The van der Waals surface area contributed by atoms with E-state index in [1.165, 1.54) is 6.92 Å². The second kappa shape index (κ2) is 12.1. The largest absolute Gasteiger partial charge is 0.480 e. The van der Waals surface area contributed by atoms with Crippen LogP contribution in [0.25, 0.3) is 0 Å². The number of carbonyl (C=O) groups excluding carboxylic acids is 4. The molecule has 0 aliphatic rings. The SMILES string of the molecule is CC(C)C(N)C(=O)NC(CC(N)=O)C(=O)NC(C(=O)NC(C(=O)O)C(C)C)C(C)O. The molecule has 5 unspecified atom stereocenters. The van der Waals surface area contributed by atoms with Crippen molar-refractivity contribution in [3.63, 3.8) is 0 Å². The molecule has 5 atom stereocenters. The van der Waals surface area contributed by atoms with Crippen molar-refractivity contribution in [3.8, 4) is 0 Å². The van der Waals surface area contributed by atoms with Crippen LogP contribution in [0.15, 0.2) is 0 Å². The van der Waals surface area contributed by atoms with Gasteiger partial charge in [0.15, 0.2) is 0 Å². The van der Waals surface area contributed by atoms with Gasteiger partial charge in [-0.1, -0.05) is 27.7 Å². The molecule has 0 bridgehead atoms. The lowest BCUT2D eigenvalue weighted by Gasteiger charge is -2.27. The molecule has 12 heteroatoms. The summed E-state index contributed by atoms with van der Waals surface area (Å²) in [6, 6.07) is -5.18. The van der Waals surface area contributed by atoms with Gasteiger partial charge < -0.3 is 37.6 Å². The zero-order chi connectivity index (χ0) is 23.8. The second-order valence-electron chi connectivity index (χ2n) is 7.80. The van der Waals surface area contributed by atoms with Gasteiger partial charge in [-0.3, -0.25) is 19.2 Å². The van der Waals surface area contributed by atoms with Crippen LogP contribution in [0.4, 0.5) is 0 Å². The Bertz CT molecular complexity index is 651. The van der Waals surface area contributed by atoms with E-state index in [0.29, 0.717) is 0 Å². The number of carboxylic acids is 1. The van der Waals surface area contributed by atoms with Crippen molar-refractivity contribution < 1.29 is 34.2 Å². The molecule has 0 saturated heterocycles. The van der Waals surface area contributed by atoms with Crippen LogP contribution in [0, 0.1) is 11.8 Å². The summed E-state index contributed by atoms with van der Waals surface area (Å²) in [5, 5.41) is 25.9. The van der Waals surface area contributed by atoms with Gasteiger partial charge in [0.05, 0.1) is 18.6 Å². The van der Waals surface area contributed by atoms with E-state index in [4.69, 9.17) is 11.5 Å². The van der Waals surface area contributed by atoms with Gasteiger partial charge in [0.25, 0.3) is 0 Å². The molecule has 0 radical (unpaired) electrons. The molecule has 30 heavy (non-hydrogen) atoms. The fraction of sp³-hybridized carbons (Fsp3) is 0.722. The van der Waals surface area contributed by atoms with Crippen molar-refractivity contribution in [1.29, 1.82) is 0 Å². The molecule has 0 aliphatic carbocycles. The highest BCUT2D eigenvalue weighted by atomic mass is 16.4. The zero-order valence-corrected chi connectivity index (χ0v) is 17.8. The Balaban J connectivity index is 5.46. The third-order valence-corrected chi connectivity index (χ3v) is 4.35. The number of hydrogen-bond acceptors (Lipinski definition) is 7. The summed E-state index contributed by atoms with van der Waals surface area (Å²) < 4.78 is 0. The van der Waals surface area contributed by atoms with E-state index < -0.39 is 72.2 Å². The third kappa shape index (κ3) is 8.74. The topological polar surface area (TPSA) is 214 Å². The van der Waals surface area contributed by atoms with Gasteiger partial charge in [0.1, 0.15) is 18.1 Å². The lowest BCUT2D eigenvalue weighted by Crippen LogP contribution is -2.61. The van der Waals surface area contributed by atoms with Gasteiger partial charge >= 0.3 is 5.97 Å². The molecule has 0 aliphatic heterocycles. The highest BCUT2D eigenvalue weighted by molar-refractivity contribution is 5.96. The van der Waals surface area contributed by atoms with Crippen LogP contribution < -0.4 is 27.4 Å². The Labute approximate surface area is 175 Å². The van der Waals surface area contributed by atoms with Crippen molar-refractivity contribution in [2.24, 2.45) is 23.3 Å². The van der Waals surface area contributed by atoms with E-state index in [0.717, 1.165) is 0 Å². The molecule has 0 aromatic heterocycles. The van der Waals surface area contributed by atoms with Crippen molar-refractivity contribution >= 4 is 29.6 Å². The first-order valence-electron chi connectivity index (χ1n) is 9.54. The van der Waals surface area contributed by atoms with E-state index in [2.05, 4.69) is 16.0 Å². The highest BCUT2D eigenvalue weighted by Gasteiger charge is 2.34. The van der Waals surface area contributed by atoms with Crippen molar-refractivity contribution in [2.45, 2.75) is 71.3 Å².